The fraction of sp³-hybridized carbons (Fsp3) is 0.300. The van der Waals surface area contributed by atoms with Gasteiger partial charge in [-0.25, -0.2) is 4.79 Å². The molecule has 1 N–H and O–H groups in total. The van der Waals surface area contributed by atoms with Gasteiger partial charge in [0.05, 0.1) is 10.5 Å². The van der Waals surface area contributed by atoms with Gasteiger partial charge in [0.25, 0.3) is 11.6 Å². The first-order chi connectivity index (χ1) is 13.3. The quantitative estimate of drug-likeness (QED) is 0.467. The molecule has 1 aliphatic carbocycles. The van der Waals surface area contributed by atoms with Crippen molar-refractivity contribution in [2.45, 2.75) is 19.3 Å². The Morgan fingerprint density at radius 3 is 2.61 bits per heavy atom. The van der Waals surface area contributed by atoms with Crippen molar-refractivity contribution in [1.82, 2.24) is 0 Å². The van der Waals surface area contributed by atoms with Gasteiger partial charge in [0.2, 0.25) is 0 Å². The van der Waals surface area contributed by atoms with Crippen LogP contribution in [0.15, 0.2) is 36.4 Å². The maximum absolute atomic E-state index is 12.2. The van der Waals surface area contributed by atoms with E-state index in [4.69, 9.17) is 4.74 Å². The molecule has 8 heteroatoms. The number of nitrogens with zero attached hydrogens (tertiary/aromatic N) is 2. The number of ether oxygens (including phenoxy) is 1. The number of aryl methyl sites for hydroxylation is 2. The number of hydrogen-bond acceptors (Lipinski definition) is 6. The molecular weight excluding hydrogens is 362 g/mol. The monoisotopic (exact) mass is 383 g/mol. The van der Waals surface area contributed by atoms with Gasteiger partial charge < -0.3 is 15.0 Å². The molecule has 0 spiro atoms. The summed E-state index contributed by atoms with van der Waals surface area (Å²) in [4.78, 5) is 36.5. The van der Waals surface area contributed by atoms with Crippen LogP contribution in [0.25, 0.3) is 0 Å². The van der Waals surface area contributed by atoms with E-state index in [9.17, 15) is 19.7 Å². The number of nitro benzene ring substituents is 1. The molecule has 146 valence electrons. The lowest BCUT2D eigenvalue weighted by Crippen LogP contribution is -2.21. The van der Waals surface area contributed by atoms with E-state index in [1.165, 1.54) is 23.3 Å². The summed E-state index contributed by atoms with van der Waals surface area (Å²) in [5, 5.41) is 13.9. The predicted molar refractivity (Wildman–Crippen MR) is 105 cm³/mol. The molecule has 0 radical (unpaired) electrons. The van der Waals surface area contributed by atoms with Crippen molar-refractivity contribution in [1.29, 1.82) is 0 Å². The highest BCUT2D eigenvalue weighted by Gasteiger charge is 2.20. The van der Waals surface area contributed by atoms with Gasteiger partial charge in [0.15, 0.2) is 6.61 Å². The molecule has 2 aromatic rings. The van der Waals surface area contributed by atoms with Crippen LogP contribution in [0, 0.1) is 10.1 Å². The lowest BCUT2D eigenvalue weighted by Gasteiger charge is -2.13. The SMILES string of the molecule is CN(C)c1ccc(C(=O)OCC(=O)Nc2ccc3c(c2)CCC3)cc1[N+](=O)[O-]. The van der Waals surface area contributed by atoms with E-state index < -0.39 is 23.4 Å². The van der Waals surface area contributed by atoms with Crippen LogP contribution in [-0.2, 0) is 22.4 Å². The topological polar surface area (TPSA) is 102 Å². The average Bonchev–Trinajstić information content (AvgIpc) is 3.13. The molecule has 0 saturated carbocycles. The molecule has 3 rings (SSSR count). The smallest absolute Gasteiger partial charge is 0.338 e. The first kappa shape index (κ1) is 19.3. The summed E-state index contributed by atoms with van der Waals surface area (Å²) in [5.41, 5.74) is 3.36. The lowest BCUT2D eigenvalue weighted by molar-refractivity contribution is -0.384. The minimum absolute atomic E-state index is 0.0163. The van der Waals surface area contributed by atoms with Gasteiger partial charge in [-0.2, -0.15) is 0 Å². The van der Waals surface area contributed by atoms with Crippen molar-refractivity contribution in [3.05, 3.63) is 63.2 Å². The van der Waals surface area contributed by atoms with Crippen molar-refractivity contribution in [2.75, 3.05) is 30.9 Å². The van der Waals surface area contributed by atoms with E-state index >= 15 is 0 Å². The number of fused-ring (bicyclic) bond motifs is 1. The number of anilines is 2. The fourth-order valence-electron chi connectivity index (χ4n) is 3.24. The maximum atomic E-state index is 12.2. The normalized spacial score (nSPS) is 12.2. The summed E-state index contributed by atoms with van der Waals surface area (Å²) in [6.07, 6.45) is 3.17. The van der Waals surface area contributed by atoms with Gasteiger partial charge in [0, 0.05) is 25.8 Å². The van der Waals surface area contributed by atoms with Crippen LogP contribution < -0.4 is 10.2 Å². The molecule has 0 saturated heterocycles. The molecule has 28 heavy (non-hydrogen) atoms. The number of esters is 1. The summed E-state index contributed by atoms with van der Waals surface area (Å²) in [7, 11) is 3.34. The second-order valence-electron chi connectivity index (χ2n) is 6.82. The van der Waals surface area contributed by atoms with Crippen molar-refractivity contribution < 1.29 is 19.2 Å². The number of carbonyl (C=O) groups excluding carboxylic acids is 2. The molecule has 0 heterocycles. The Labute approximate surface area is 162 Å². The Balaban J connectivity index is 1.61. The zero-order valence-electron chi connectivity index (χ0n) is 15.7. The lowest BCUT2D eigenvalue weighted by atomic mass is 10.1. The second kappa shape index (κ2) is 8.08. The molecule has 0 unspecified atom stereocenters. The summed E-state index contributed by atoms with van der Waals surface area (Å²) < 4.78 is 5.00. The van der Waals surface area contributed by atoms with Gasteiger partial charge in [-0.3, -0.25) is 14.9 Å². The zero-order valence-corrected chi connectivity index (χ0v) is 15.7. The van der Waals surface area contributed by atoms with Crippen molar-refractivity contribution >= 4 is 28.9 Å². The van der Waals surface area contributed by atoms with E-state index in [0.29, 0.717) is 11.4 Å². The third-order valence-corrected chi connectivity index (χ3v) is 4.61. The zero-order chi connectivity index (χ0) is 20.3. The Morgan fingerprint density at radius 2 is 1.89 bits per heavy atom. The van der Waals surface area contributed by atoms with E-state index in [2.05, 4.69) is 5.32 Å². The molecule has 1 aliphatic rings. The van der Waals surface area contributed by atoms with Gasteiger partial charge in [0.1, 0.15) is 5.69 Å². The van der Waals surface area contributed by atoms with Crippen LogP contribution in [0.3, 0.4) is 0 Å². The highest BCUT2D eigenvalue weighted by molar-refractivity contribution is 5.96. The standard InChI is InChI=1S/C20H21N3O5/c1-22(2)17-9-7-15(11-18(17)23(26)27)20(25)28-12-19(24)21-16-8-6-13-4-3-5-14(13)10-16/h6-11H,3-5,12H2,1-2H3,(H,21,24). The molecule has 2 aromatic carbocycles. The predicted octanol–water partition coefficient (Wildman–Crippen LogP) is 2.95. The third kappa shape index (κ3) is 4.28. The van der Waals surface area contributed by atoms with Crippen LogP contribution in [-0.4, -0.2) is 37.5 Å². The summed E-state index contributed by atoms with van der Waals surface area (Å²) in [6, 6.07) is 9.81. The largest absolute Gasteiger partial charge is 0.452 e. The maximum Gasteiger partial charge on any atom is 0.338 e. The van der Waals surface area contributed by atoms with Gasteiger partial charge >= 0.3 is 5.97 Å². The Bertz CT molecular complexity index is 939. The number of amides is 1. The van der Waals surface area contributed by atoms with Gasteiger partial charge in [-0.15, -0.1) is 0 Å². The number of hydrogen-bond donors (Lipinski definition) is 1. The average molecular weight is 383 g/mol. The molecule has 0 aromatic heterocycles. The highest BCUT2D eigenvalue weighted by Crippen LogP contribution is 2.28. The molecule has 0 aliphatic heterocycles. The van der Waals surface area contributed by atoms with E-state index in [1.807, 2.05) is 18.2 Å². The highest BCUT2D eigenvalue weighted by atomic mass is 16.6. The number of benzene rings is 2. The van der Waals surface area contributed by atoms with Gasteiger partial charge in [-0.05, 0) is 54.7 Å². The molecule has 0 bridgehead atoms. The number of rotatable bonds is 6. The molecule has 1 amide bonds. The Kier molecular flexibility index (Phi) is 5.58. The van der Waals surface area contributed by atoms with Crippen molar-refractivity contribution in [3.8, 4) is 0 Å². The second-order valence-corrected chi connectivity index (χ2v) is 6.82. The molecule has 0 atom stereocenters. The minimum Gasteiger partial charge on any atom is -0.452 e. The summed E-state index contributed by atoms with van der Waals surface area (Å²) >= 11 is 0. The third-order valence-electron chi connectivity index (χ3n) is 4.61. The molecular formula is C20H21N3O5. The van der Waals surface area contributed by atoms with Gasteiger partial charge in [-0.1, -0.05) is 6.07 Å². The molecule has 8 nitrogen and oxygen atoms in total. The number of nitrogens with one attached hydrogen (secondary N) is 1. The van der Waals surface area contributed by atoms with E-state index in [0.717, 1.165) is 25.3 Å². The van der Waals surface area contributed by atoms with E-state index in [-0.39, 0.29) is 11.3 Å². The van der Waals surface area contributed by atoms with Crippen LogP contribution in [0.1, 0.15) is 27.9 Å². The minimum atomic E-state index is -0.794. The van der Waals surface area contributed by atoms with Crippen LogP contribution in [0.2, 0.25) is 0 Å². The van der Waals surface area contributed by atoms with Crippen LogP contribution >= 0.6 is 0 Å². The number of carbonyl (C=O) groups is 2. The fourth-order valence-corrected chi connectivity index (χ4v) is 3.24. The first-order valence-corrected chi connectivity index (χ1v) is 8.89. The Morgan fingerprint density at radius 1 is 1.14 bits per heavy atom. The number of nitro groups is 1. The summed E-state index contributed by atoms with van der Waals surface area (Å²) in [6.45, 7) is -0.473. The molecule has 0 fully saturated rings. The van der Waals surface area contributed by atoms with Crippen LogP contribution in [0.5, 0.6) is 0 Å². The van der Waals surface area contributed by atoms with Crippen molar-refractivity contribution in [2.24, 2.45) is 0 Å². The van der Waals surface area contributed by atoms with E-state index in [1.54, 1.807) is 19.0 Å². The first-order valence-electron chi connectivity index (χ1n) is 8.89. The van der Waals surface area contributed by atoms with Crippen LogP contribution in [0.4, 0.5) is 17.1 Å². The van der Waals surface area contributed by atoms with Crippen molar-refractivity contribution in [3.63, 3.8) is 0 Å². The Hall–Kier alpha value is -3.42. The summed E-state index contributed by atoms with van der Waals surface area (Å²) in [5.74, 6) is -1.26.